The first kappa shape index (κ1) is 17.4. The maximum absolute atomic E-state index is 13.5. The zero-order valence-corrected chi connectivity index (χ0v) is 13.3. The monoisotopic (exact) mass is 358 g/mol. The second-order valence-corrected chi connectivity index (χ2v) is 5.32. The molecule has 0 fully saturated rings. The summed E-state index contributed by atoms with van der Waals surface area (Å²) in [6.45, 7) is 0.188. The van der Waals surface area contributed by atoms with Crippen LogP contribution in [0.15, 0.2) is 54.9 Å². The van der Waals surface area contributed by atoms with Gasteiger partial charge in [-0.15, -0.1) is 0 Å². The molecule has 3 aromatic rings. The average molecular weight is 358 g/mol. The lowest BCUT2D eigenvalue weighted by atomic mass is 10.2. The molecule has 1 aromatic heterocycles. The fraction of sp³-hybridized carbons (Fsp3) is 0.0556. The highest BCUT2D eigenvalue weighted by molar-refractivity contribution is 6.03. The molecule has 0 aliphatic carbocycles. The standard InChI is InChI=1S/C18H13F3N4O/c19-14-4-2-1-3-11(14)8-22-18-23-9-12(10-24-18)17(26)25-13-5-6-15(20)16(21)7-13/h1-7,9-10H,8H2,(H,25,26)(H,22,23,24). The largest absolute Gasteiger partial charge is 0.350 e. The van der Waals surface area contributed by atoms with Gasteiger partial charge in [0.1, 0.15) is 5.82 Å². The maximum Gasteiger partial charge on any atom is 0.258 e. The van der Waals surface area contributed by atoms with Gasteiger partial charge in [0.2, 0.25) is 5.95 Å². The number of aromatic nitrogens is 2. The first-order chi connectivity index (χ1) is 12.5. The first-order valence-electron chi connectivity index (χ1n) is 7.58. The number of hydrogen-bond donors (Lipinski definition) is 2. The Morgan fingerprint density at radius 2 is 1.65 bits per heavy atom. The second-order valence-electron chi connectivity index (χ2n) is 5.32. The van der Waals surface area contributed by atoms with E-state index in [1.165, 1.54) is 24.5 Å². The number of amides is 1. The number of anilines is 2. The summed E-state index contributed by atoms with van der Waals surface area (Å²) in [5.41, 5.74) is 0.693. The Morgan fingerprint density at radius 3 is 2.35 bits per heavy atom. The van der Waals surface area contributed by atoms with Crippen LogP contribution < -0.4 is 10.6 Å². The van der Waals surface area contributed by atoms with Crippen molar-refractivity contribution in [2.45, 2.75) is 6.54 Å². The molecule has 0 saturated heterocycles. The van der Waals surface area contributed by atoms with Crippen molar-refractivity contribution in [2.75, 3.05) is 10.6 Å². The van der Waals surface area contributed by atoms with Crippen molar-refractivity contribution < 1.29 is 18.0 Å². The highest BCUT2D eigenvalue weighted by Crippen LogP contribution is 2.14. The number of carbonyl (C=O) groups excluding carboxylic acids is 1. The van der Waals surface area contributed by atoms with Crippen LogP contribution in [0.2, 0.25) is 0 Å². The molecule has 0 atom stereocenters. The van der Waals surface area contributed by atoms with Crippen molar-refractivity contribution in [1.29, 1.82) is 0 Å². The van der Waals surface area contributed by atoms with Crippen LogP contribution in [0, 0.1) is 17.5 Å². The van der Waals surface area contributed by atoms with Gasteiger partial charge in [-0.05, 0) is 18.2 Å². The minimum absolute atomic E-state index is 0.107. The number of hydrogen-bond acceptors (Lipinski definition) is 4. The summed E-state index contributed by atoms with van der Waals surface area (Å²) in [6, 6.07) is 9.31. The van der Waals surface area contributed by atoms with Crippen LogP contribution in [-0.2, 0) is 6.54 Å². The van der Waals surface area contributed by atoms with E-state index in [0.29, 0.717) is 5.56 Å². The Labute approximate surface area is 146 Å². The van der Waals surface area contributed by atoms with Crippen molar-refractivity contribution >= 4 is 17.5 Å². The van der Waals surface area contributed by atoms with Gasteiger partial charge >= 0.3 is 0 Å². The number of carbonyl (C=O) groups is 1. The fourth-order valence-electron chi connectivity index (χ4n) is 2.13. The third kappa shape index (κ3) is 4.15. The molecule has 1 heterocycles. The molecular weight excluding hydrogens is 345 g/mol. The van der Waals surface area contributed by atoms with E-state index in [1.54, 1.807) is 18.2 Å². The normalized spacial score (nSPS) is 10.4. The highest BCUT2D eigenvalue weighted by Gasteiger charge is 2.10. The molecular formula is C18H13F3N4O. The minimum Gasteiger partial charge on any atom is -0.350 e. The van der Waals surface area contributed by atoms with Gasteiger partial charge in [-0.1, -0.05) is 18.2 Å². The van der Waals surface area contributed by atoms with E-state index < -0.39 is 17.5 Å². The molecule has 8 heteroatoms. The number of rotatable bonds is 5. The molecule has 0 unspecified atom stereocenters. The second kappa shape index (κ2) is 7.64. The summed E-state index contributed by atoms with van der Waals surface area (Å²) in [5.74, 6) is -2.76. The zero-order chi connectivity index (χ0) is 18.5. The Hall–Kier alpha value is -3.42. The molecule has 0 aliphatic heterocycles. The lowest BCUT2D eigenvalue weighted by molar-refractivity contribution is 0.102. The molecule has 0 bridgehead atoms. The summed E-state index contributed by atoms with van der Waals surface area (Å²) in [7, 11) is 0. The van der Waals surface area contributed by atoms with Crippen LogP contribution >= 0.6 is 0 Å². The Kier molecular flexibility index (Phi) is 5.12. The number of halogens is 3. The van der Waals surface area contributed by atoms with Gasteiger partial charge in [-0.3, -0.25) is 4.79 Å². The average Bonchev–Trinajstić information content (AvgIpc) is 2.64. The van der Waals surface area contributed by atoms with E-state index in [2.05, 4.69) is 20.6 Å². The van der Waals surface area contributed by atoms with Gasteiger partial charge in [0.05, 0.1) is 5.56 Å². The molecule has 3 rings (SSSR count). The van der Waals surface area contributed by atoms with Crippen LogP contribution in [0.3, 0.4) is 0 Å². The van der Waals surface area contributed by atoms with Gasteiger partial charge < -0.3 is 10.6 Å². The molecule has 0 radical (unpaired) electrons. The summed E-state index contributed by atoms with van der Waals surface area (Å²) in [6.07, 6.45) is 2.54. The van der Waals surface area contributed by atoms with Crippen LogP contribution in [0.4, 0.5) is 24.8 Å². The predicted molar refractivity (Wildman–Crippen MR) is 90.1 cm³/mol. The van der Waals surface area contributed by atoms with Crippen LogP contribution in [0.1, 0.15) is 15.9 Å². The Bertz CT molecular complexity index is 932. The topological polar surface area (TPSA) is 66.9 Å². The fourth-order valence-corrected chi connectivity index (χ4v) is 2.13. The molecule has 132 valence electrons. The quantitative estimate of drug-likeness (QED) is 0.729. The summed E-state index contributed by atoms with van der Waals surface area (Å²) >= 11 is 0. The Balaban J connectivity index is 1.62. The third-order valence-corrected chi connectivity index (χ3v) is 3.49. The Morgan fingerprint density at radius 1 is 0.923 bits per heavy atom. The molecule has 0 spiro atoms. The van der Waals surface area contributed by atoms with Crippen molar-refractivity contribution in [3.05, 3.63) is 83.4 Å². The molecule has 2 aromatic carbocycles. The zero-order valence-electron chi connectivity index (χ0n) is 13.3. The van der Waals surface area contributed by atoms with E-state index in [9.17, 15) is 18.0 Å². The SMILES string of the molecule is O=C(Nc1ccc(F)c(F)c1)c1cnc(NCc2ccccc2F)nc1. The van der Waals surface area contributed by atoms with Crippen LogP contribution in [0.25, 0.3) is 0 Å². The predicted octanol–water partition coefficient (Wildman–Crippen LogP) is 3.76. The lowest BCUT2D eigenvalue weighted by Gasteiger charge is -2.07. The van der Waals surface area contributed by atoms with E-state index in [0.717, 1.165) is 12.1 Å². The van der Waals surface area contributed by atoms with Gasteiger partial charge in [-0.2, -0.15) is 0 Å². The summed E-state index contributed by atoms with van der Waals surface area (Å²) in [4.78, 5) is 20.0. The maximum atomic E-state index is 13.5. The van der Waals surface area contributed by atoms with Crippen molar-refractivity contribution in [3.63, 3.8) is 0 Å². The molecule has 0 saturated carbocycles. The smallest absolute Gasteiger partial charge is 0.258 e. The highest BCUT2D eigenvalue weighted by atomic mass is 19.2. The van der Waals surface area contributed by atoms with Crippen LogP contribution in [-0.4, -0.2) is 15.9 Å². The minimum atomic E-state index is -1.06. The molecule has 1 amide bonds. The van der Waals surface area contributed by atoms with Crippen molar-refractivity contribution in [2.24, 2.45) is 0 Å². The first-order valence-corrected chi connectivity index (χ1v) is 7.58. The van der Waals surface area contributed by atoms with E-state index in [1.807, 2.05) is 0 Å². The number of benzene rings is 2. The van der Waals surface area contributed by atoms with E-state index in [-0.39, 0.29) is 29.6 Å². The van der Waals surface area contributed by atoms with Crippen molar-refractivity contribution in [3.8, 4) is 0 Å². The molecule has 26 heavy (non-hydrogen) atoms. The van der Waals surface area contributed by atoms with Crippen molar-refractivity contribution in [1.82, 2.24) is 9.97 Å². The van der Waals surface area contributed by atoms with E-state index >= 15 is 0 Å². The van der Waals surface area contributed by atoms with E-state index in [4.69, 9.17) is 0 Å². The summed E-state index contributed by atoms with van der Waals surface area (Å²) < 4.78 is 39.6. The third-order valence-electron chi connectivity index (χ3n) is 3.49. The lowest BCUT2D eigenvalue weighted by Crippen LogP contribution is -2.14. The molecule has 5 nitrogen and oxygen atoms in total. The molecule has 0 aliphatic rings. The molecule has 2 N–H and O–H groups in total. The van der Waals surface area contributed by atoms with Gasteiger partial charge in [-0.25, -0.2) is 23.1 Å². The number of nitrogens with zero attached hydrogens (tertiary/aromatic N) is 2. The van der Waals surface area contributed by atoms with Gasteiger partial charge in [0.15, 0.2) is 11.6 Å². The summed E-state index contributed by atoms with van der Waals surface area (Å²) in [5, 5.41) is 5.26. The van der Waals surface area contributed by atoms with Crippen LogP contribution in [0.5, 0.6) is 0 Å². The number of nitrogens with one attached hydrogen (secondary N) is 2. The van der Waals surface area contributed by atoms with Gasteiger partial charge in [0.25, 0.3) is 5.91 Å². The van der Waals surface area contributed by atoms with Gasteiger partial charge in [0, 0.05) is 36.3 Å².